The van der Waals surface area contributed by atoms with E-state index in [2.05, 4.69) is 9.05 Å². The van der Waals surface area contributed by atoms with Gasteiger partial charge >= 0.3 is 56.7 Å². The molecule has 0 bridgehead atoms. The van der Waals surface area contributed by atoms with Crippen LogP contribution in [0.25, 0.3) is 0 Å². The second-order valence-corrected chi connectivity index (χ2v) is 2.45. The summed E-state index contributed by atoms with van der Waals surface area (Å²) in [5, 5.41) is 7.74. The molecule has 0 aromatic carbocycles. The van der Waals surface area contributed by atoms with Crippen molar-refractivity contribution in [1.29, 1.82) is 5.26 Å². The van der Waals surface area contributed by atoms with E-state index in [1.807, 2.05) is 0 Å². The number of rotatable bonds is 3. The Morgan fingerprint density at radius 2 is 2.30 bits per heavy atom. The van der Waals surface area contributed by atoms with Gasteiger partial charge in [0.2, 0.25) is 0 Å². The molecule has 56 valence electrons. The molecule has 0 spiro atoms. The summed E-state index contributed by atoms with van der Waals surface area (Å²) >= 11 is 0. The van der Waals surface area contributed by atoms with Crippen molar-refractivity contribution in [2.75, 3.05) is 6.61 Å². The molecule has 0 radical (unpaired) electrons. The summed E-state index contributed by atoms with van der Waals surface area (Å²) in [5.74, 6) is 0. The second kappa shape index (κ2) is 6.70. The third-order valence-corrected chi connectivity index (χ3v) is 1.35. The van der Waals surface area contributed by atoms with Crippen molar-refractivity contribution >= 4 is 56.7 Å². The SMILES string of the molecule is CCOP(=O)(O)OC#N.[BaH2]. The first-order valence-corrected chi connectivity index (χ1v) is 3.67. The summed E-state index contributed by atoms with van der Waals surface area (Å²) in [5.41, 5.74) is 0. The molecule has 0 saturated carbocycles. The van der Waals surface area contributed by atoms with Crippen LogP contribution in [0.1, 0.15) is 6.92 Å². The molecule has 0 aromatic heterocycles. The quantitative estimate of drug-likeness (QED) is 0.439. The molecule has 0 amide bonds. The molecule has 10 heavy (non-hydrogen) atoms. The second-order valence-electron chi connectivity index (χ2n) is 1.07. The number of hydrogen-bond acceptors (Lipinski definition) is 4. The van der Waals surface area contributed by atoms with Crippen molar-refractivity contribution in [3.63, 3.8) is 0 Å². The molecule has 0 aliphatic heterocycles. The monoisotopic (exact) mass is 291 g/mol. The fraction of sp³-hybridized carbons (Fsp3) is 0.667. The van der Waals surface area contributed by atoms with E-state index in [0.717, 1.165) is 6.26 Å². The minimum atomic E-state index is -4.05. The van der Waals surface area contributed by atoms with Crippen LogP contribution in [0.15, 0.2) is 0 Å². The number of nitrogens with zero attached hydrogens (tertiary/aromatic N) is 1. The first kappa shape index (κ1) is 13.6. The van der Waals surface area contributed by atoms with Gasteiger partial charge < -0.3 is 4.52 Å². The molecule has 1 N–H and O–H groups in total. The molecule has 5 nitrogen and oxygen atoms in total. The summed E-state index contributed by atoms with van der Waals surface area (Å²) in [4.78, 5) is 8.40. The molecule has 0 aliphatic carbocycles. The van der Waals surface area contributed by atoms with Crippen LogP contribution in [-0.2, 0) is 13.6 Å². The maximum absolute atomic E-state index is 10.3. The van der Waals surface area contributed by atoms with Crippen molar-refractivity contribution in [3.8, 4) is 6.26 Å². The molecule has 1 unspecified atom stereocenters. The van der Waals surface area contributed by atoms with Crippen molar-refractivity contribution in [2.45, 2.75) is 6.92 Å². The molecule has 0 heterocycles. The van der Waals surface area contributed by atoms with Gasteiger partial charge in [-0.3, -0.25) is 9.42 Å². The van der Waals surface area contributed by atoms with Gasteiger partial charge in [-0.15, -0.1) is 5.26 Å². The fourth-order valence-electron chi connectivity index (χ4n) is 0.241. The molecule has 0 aliphatic rings. The molecule has 0 fully saturated rings. The van der Waals surface area contributed by atoms with Crippen molar-refractivity contribution in [2.24, 2.45) is 0 Å². The molecule has 0 saturated heterocycles. The summed E-state index contributed by atoms with van der Waals surface area (Å²) in [6.07, 6.45) is 1.05. The zero-order valence-electron chi connectivity index (χ0n) is 4.77. The van der Waals surface area contributed by atoms with Gasteiger partial charge in [0.1, 0.15) is 0 Å². The Bertz CT molecular complexity index is 166. The minimum absolute atomic E-state index is 0. The number of nitriles is 1. The predicted molar refractivity (Wildman–Crippen MR) is 36.7 cm³/mol. The van der Waals surface area contributed by atoms with Crippen LogP contribution in [0.3, 0.4) is 0 Å². The summed E-state index contributed by atoms with van der Waals surface area (Å²) in [7, 11) is -4.05. The zero-order valence-corrected chi connectivity index (χ0v) is 5.67. The van der Waals surface area contributed by atoms with Crippen LogP contribution in [0.2, 0.25) is 0 Å². The van der Waals surface area contributed by atoms with Crippen molar-refractivity contribution < 1.29 is 18.5 Å². The first-order chi connectivity index (χ1) is 4.12. The van der Waals surface area contributed by atoms with Gasteiger partial charge in [0, 0.05) is 0 Å². The van der Waals surface area contributed by atoms with Gasteiger partial charge in [-0.05, 0) is 6.92 Å². The number of phosphoric acid groups is 1. The Balaban J connectivity index is 0. The van der Waals surface area contributed by atoms with E-state index in [1.165, 1.54) is 6.92 Å². The third kappa shape index (κ3) is 7.12. The standard InChI is InChI=1S/C3H6NO4P.Ba.2H/c1-2-7-9(5,6)8-3-4;;;/h2H2,1H3,(H,5,6);;;. The van der Waals surface area contributed by atoms with Crippen molar-refractivity contribution in [1.82, 2.24) is 0 Å². The fourth-order valence-corrected chi connectivity index (χ4v) is 0.723. The van der Waals surface area contributed by atoms with Crippen LogP contribution in [0.4, 0.5) is 0 Å². The average Bonchev–Trinajstić information content (AvgIpc) is 1.64. The number of phosphoric ester groups is 1. The van der Waals surface area contributed by atoms with Crippen LogP contribution >= 0.6 is 7.82 Å². The summed E-state index contributed by atoms with van der Waals surface area (Å²) in [6, 6.07) is 0. The van der Waals surface area contributed by atoms with Gasteiger partial charge in [0.25, 0.3) is 6.26 Å². The molecular weight excluding hydrogens is 282 g/mol. The Hall–Kier alpha value is 1.01. The van der Waals surface area contributed by atoms with E-state index >= 15 is 0 Å². The van der Waals surface area contributed by atoms with E-state index in [0.29, 0.717) is 0 Å². The van der Waals surface area contributed by atoms with Gasteiger partial charge in [-0.1, -0.05) is 0 Å². The van der Waals surface area contributed by atoms with Crippen molar-refractivity contribution in [3.05, 3.63) is 0 Å². The topological polar surface area (TPSA) is 79.6 Å². The predicted octanol–water partition coefficient (Wildman–Crippen LogP) is -0.295. The van der Waals surface area contributed by atoms with Gasteiger partial charge in [-0.2, -0.15) is 0 Å². The molecular formula is C3H8BaNO4P. The molecule has 7 heteroatoms. The normalized spacial score (nSPS) is 14.1. The third-order valence-electron chi connectivity index (χ3n) is 0.448. The molecule has 0 aromatic rings. The average molecular weight is 290 g/mol. The molecule has 1 atom stereocenters. The Morgan fingerprint density at radius 1 is 1.80 bits per heavy atom. The van der Waals surface area contributed by atoms with Crippen LogP contribution in [0, 0.1) is 11.5 Å². The zero-order chi connectivity index (χ0) is 7.33. The molecule has 0 rings (SSSR count). The van der Waals surface area contributed by atoms with Gasteiger partial charge in [0.05, 0.1) is 6.61 Å². The summed E-state index contributed by atoms with van der Waals surface area (Å²) in [6.45, 7) is 1.55. The first-order valence-electron chi connectivity index (χ1n) is 2.17. The maximum atomic E-state index is 10.3. The van der Waals surface area contributed by atoms with E-state index in [1.54, 1.807) is 0 Å². The Labute approximate surface area is 99.0 Å². The summed E-state index contributed by atoms with van der Waals surface area (Å²) < 4.78 is 18.1. The van der Waals surface area contributed by atoms with E-state index < -0.39 is 7.82 Å². The number of hydrogen-bond donors (Lipinski definition) is 1. The van der Waals surface area contributed by atoms with Crippen LogP contribution < -0.4 is 0 Å². The van der Waals surface area contributed by atoms with E-state index in [-0.39, 0.29) is 55.5 Å². The Kier molecular flexibility index (Phi) is 9.11. The van der Waals surface area contributed by atoms with Crippen LogP contribution in [-0.4, -0.2) is 60.4 Å². The van der Waals surface area contributed by atoms with E-state index in [4.69, 9.17) is 10.2 Å². The van der Waals surface area contributed by atoms with E-state index in [9.17, 15) is 4.57 Å². The Morgan fingerprint density at radius 3 is 2.60 bits per heavy atom. The van der Waals surface area contributed by atoms with Gasteiger partial charge in [-0.25, -0.2) is 4.57 Å². The van der Waals surface area contributed by atoms with Gasteiger partial charge in [0.15, 0.2) is 0 Å². The van der Waals surface area contributed by atoms with Crippen LogP contribution in [0.5, 0.6) is 0 Å².